The minimum absolute atomic E-state index is 0.0627. The van der Waals surface area contributed by atoms with Crippen LogP contribution in [-0.2, 0) is 4.79 Å². The molecule has 1 N–H and O–H groups in total. The largest absolute Gasteiger partial charge is 0.478 e. The van der Waals surface area contributed by atoms with Crippen molar-refractivity contribution in [1.82, 2.24) is 0 Å². The highest BCUT2D eigenvalue weighted by molar-refractivity contribution is 14.1. The lowest BCUT2D eigenvalue weighted by molar-refractivity contribution is -0.117. The molecule has 1 amide bonds. The highest BCUT2D eigenvalue weighted by atomic mass is 127. The van der Waals surface area contributed by atoms with E-state index in [9.17, 15) is 14.7 Å². The quantitative estimate of drug-likeness (QED) is 0.649. The third-order valence-corrected chi connectivity index (χ3v) is 4.22. The van der Waals surface area contributed by atoms with Crippen molar-refractivity contribution >= 4 is 51.8 Å². The van der Waals surface area contributed by atoms with Gasteiger partial charge in [-0.05, 0) is 40.6 Å². The fourth-order valence-corrected chi connectivity index (χ4v) is 3.06. The molecule has 0 radical (unpaired) electrons. The first-order valence-corrected chi connectivity index (χ1v) is 7.04. The highest BCUT2D eigenvalue weighted by Crippen LogP contribution is 2.32. The maximum Gasteiger partial charge on any atom is 0.337 e. The standard InChI is InChI=1S/C12H11ClINO3/c13-5-7-4-10(16)15(6-7)11-8(12(17)18)2-1-3-9(11)14/h1-3,7H,4-6H2,(H,17,18). The molecule has 1 saturated heterocycles. The molecule has 0 aliphatic carbocycles. The molecule has 2 rings (SSSR count). The average Bonchev–Trinajstić information content (AvgIpc) is 2.70. The van der Waals surface area contributed by atoms with Crippen molar-refractivity contribution in [1.29, 1.82) is 0 Å². The van der Waals surface area contributed by atoms with Gasteiger partial charge in [0.05, 0.1) is 11.3 Å². The Bertz CT molecular complexity index is 506. The smallest absolute Gasteiger partial charge is 0.337 e. The third-order valence-electron chi connectivity index (χ3n) is 2.91. The summed E-state index contributed by atoms with van der Waals surface area (Å²) in [7, 11) is 0. The SMILES string of the molecule is O=C(O)c1cccc(I)c1N1CC(CCl)CC1=O. The summed E-state index contributed by atoms with van der Waals surface area (Å²) in [5.74, 6) is -0.580. The van der Waals surface area contributed by atoms with Crippen molar-refractivity contribution in [3.8, 4) is 0 Å². The number of anilines is 1. The molecule has 18 heavy (non-hydrogen) atoms. The number of carboxylic acid groups (broad SMARTS) is 1. The monoisotopic (exact) mass is 379 g/mol. The number of hydrogen-bond acceptors (Lipinski definition) is 2. The zero-order chi connectivity index (χ0) is 13.3. The Morgan fingerprint density at radius 1 is 1.56 bits per heavy atom. The van der Waals surface area contributed by atoms with E-state index in [4.69, 9.17) is 11.6 Å². The molecule has 0 saturated carbocycles. The van der Waals surface area contributed by atoms with Crippen LogP contribution in [0.15, 0.2) is 18.2 Å². The van der Waals surface area contributed by atoms with Crippen LogP contribution in [-0.4, -0.2) is 29.4 Å². The van der Waals surface area contributed by atoms with Crippen LogP contribution >= 0.6 is 34.2 Å². The molecule has 1 heterocycles. The number of nitrogens with zero attached hydrogens (tertiary/aromatic N) is 1. The molecule has 0 spiro atoms. The number of carbonyl (C=O) groups is 2. The van der Waals surface area contributed by atoms with Gasteiger partial charge >= 0.3 is 5.97 Å². The zero-order valence-electron chi connectivity index (χ0n) is 9.40. The zero-order valence-corrected chi connectivity index (χ0v) is 12.3. The Balaban J connectivity index is 2.45. The van der Waals surface area contributed by atoms with Crippen LogP contribution in [0.3, 0.4) is 0 Å². The van der Waals surface area contributed by atoms with Crippen LogP contribution in [0, 0.1) is 9.49 Å². The second kappa shape index (κ2) is 5.44. The van der Waals surface area contributed by atoms with E-state index in [1.807, 2.05) is 22.6 Å². The molecule has 1 fully saturated rings. The number of para-hydroxylation sites is 1. The van der Waals surface area contributed by atoms with Crippen molar-refractivity contribution < 1.29 is 14.7 Å². The number of alkyl halides is 1. The highest BCUT2D eigenvalue weighted by Gasteiger charge is 2.33. The van der Waals surface area contributed by atoms with Crippen LogP contribution in [0.1, 0.15) is 16.8 Å². The van der Waals surface area contributed by atoms with E-state index in [2.05, 4.69) is 0 Å². The van der Waals surface area contributed by atoms with Gasteiger partial charge in [-0.1, -0.05) is 6.07 Å². The first kappa shape index (κ1) is 13.6. The Hall–Kier alpha value is -0.820. The number of carbonyl (C=O) groups excluding carboxylic acids is 1. The number of hydrogen-bond donors (Lipinski definition) is 1. The van der Waals surface area contributed by atoms with Gasteiger partial charge in [-0.25, -0.2) is 4.79 Å². The fraction of sp³-hybridized carbons (Fsp3) is 0.333. The summed E-state index contributed by atoms with van der Waals surface area (Å²) in [6.07, 6.45) is 0.382. The Kier molecular flexibility index (Phi) is 4.11. The van der Waals surface area contributed by atoms with Crippen molar-refractivity contribution in [3.63, 3.8) is 0 Å². The summed E-state index contributed by atoms with van der Waals surface area (Å²) in [5.41, 5.74) is 0.647. The summed E-state index contributed by atoms with van der Waals surface area (Å²) < 4.78 is 0.760. The number of benzene rings is 1. The molecule has 1 aliphatic rings. The normalized spacial score (nSPS) is 19.3. The van der Waals surface area contributed by atoms with Gasteiger partial charge in [0, 0.05) is 22.4 Å². The van der Waals surface area contributed by atoms with E-state index in [1.54, 1.807) is 12.1 Å². The molecule has 0 aromatic heterocycles. The van der Waals surface area contributed by atoms with Crippen molar-refractivity contribution in [2.24, 2.45) is 5.92 Å². The molecule has 1 atom stereocenters. The molecule has 4 nitrogen and oxygen atoms in total. The van der Waals surface area contributed by atoms with Gasteiger partial charge in [0.2, 0.25) is 5.91 Å². The fourth-order valence-electron chi connectivity index (χ4n) is 2.06. The van der Waals surface area contributed by atoms with E-state index in [-0.39, 0.29) is 17.4 Å². The lowest BCUT2D eigenvalue weighted by Crippen LogP contribution is -2.27. The van der Waals surface area contributed by atoms with E-state index in [0.717, 1.165) is 3.57 Å². The van der Waals surface area contributed by atoms with E-state index < -0.39 is 5.97 Å². The van der Waals surface area contributed by atoms with Gasteiger partial charge in [0.25, 0.3) is 0 Å². The molecule has 96 valence electrons. The molecule has 1 aromatic carbocycles. The van der Waals surface area contributed by atoms with Gasteiger partial charge in [0.15, 0.2) is 0 Å². The van der Waals surface area contributed by atoms with Gasteiger partial charge in [-0.15, -0.1) is 11.6 Å². The molecule has 1 aromatic rings. The summed E-state index contributed by atoms with van der Waals surface area (Å²) in [6.45, 7) is 0.489. The number of rotatable bonds is 3. The number of amides is 1. The number of carboxylic acids is 1. The molecule has 6 heteroatoms. The van der Waals surface area contributed by atoms with Gasteiger partial charge in [0.1, 0.15) is 0 Å². The van der Waals surface area contributed by atoms with Crippen LogP contribution in [0.5, 0.6) is 0 Å². The van der Waals surface area contributed by atoms with Crippen molar-refractivity contribution in [3.05, 3.63) is 27.3 Å². The van der Waals surface area contributed by atoms with E-state index >= 15 is 0 Å². The molecule has 1 unspecified atom stereocenters. The minimum Gasteiger partial charge on any atom is -0.478 e. The lowest BCUT2D eigenvalue weighted by atomic mass is 10.1. The van der Waals surface area contributed by atoms with Crippen molar-refractivity contribution in [2.45, 2.75) is 6.42 Å². The summed E-state index contributed by atoms with van der Waals surface area (Å²) in [5, 5.41) is 9.19. The first-order chi connectivity index (χ1) is 8.54. The molecule has 1 aliphatic heterocycles. The second-order valence-corrected chi connectivity index (χ2v) is 5.64. The predicted molar refractivity (Wildman–Crippen MR) is 77.3 cm³/mol. The molecular weight excluding hydrogens is 368 g/mol. The summed E-state index contributed by atoms with van der Waals surface area (Å²) in [6, 6.07) is 4.99. The lowest BCUT2D eigenvalue weighted by Gasteiger charge is -2.20. The molecule has 0 bridgehead atoms. The third kappa shape index (κ3) is 2.47. The second-order valence-electron chi connectivity index (χ2n) is 4.17. The van der Waals surface area contributed by atoms with E-state index in [0.29, 0.717) is 24.5 Å². The van der Waals surface area contributed by atoms with Crippen LogP contribution in [0.4, 0.5) is 5.69 Å². The number of halogens is 2. The first-order valence-electron chi connectivity index (χ1n) is 5.42. The Morgan fingerprint density at radius 3 is 2.83 bits per heavy atom. The number of aromatic carboxylic acids is 1. The van der Waals surface area contributed by atoms with Gasteiger partial charge in [-0.3, -0.25) is 4.79 Å². The average molecular weight is 380 g/mol. The van der Waals surface area contributed by atoms with Crippen LogP contribution in [0.2, 0.25) is 0 Å². The predicted octanol–water partition coefficient (Wildman–Crippen LogP) is 2.58. The topological polar surface area (TPSA) is 57.6 Å². The summed E-state index contributed by atoms with van der Waals surface area (Å²) >= 11 is 7.82. The maximum absolute atomic E-state index is 11.9. The molecular formula is C12H11ClINO3. The van der Waals surface area contributed by atoms with E-state index in [1.165, 1.54) is 11.0 Å². The van der Waals surface area contributed by atoms with Crippen LogP contribution < -0.4 is 4.90 Å². The summed E-state index contributed by atoms with van der Waals surface area (Å²) in [4.78, 5) is 24.7. The minimum atomic E-state index is -1.02. The van der Waals surface area contributed by atoms with Gasteiger partial charge < -0.3 is 10.0 Å². The van der Waals surface area contributed by atoms with Crippen LogP contribution in [0.25, 0.3) is 0 Å². The van der Waals surface area contributed by atoms with Gasteiger partial charge in [-0.2, -0.15) is 0 Å². The maximum atomic E-state index is 11.9. The van der Waals surface area contributed by atoms with Crippen molar-refractivity contribution in [2.75, 3.05) is 17.3 Å². The Labute approximate surface area is 123 Å². The Morgan fingerprint density at radius 2 is 2.28 bits per heavy atom.